The Kier molecular flexibility index (Phi) is 6.50. The second-order valence-corrected chi connectivity index (χ2v) is 10.2. The number of ether oxygens (including phenoxy) is 3. The summed E-state index contributed by atoms with van der Waals surface area (Å²) in [6.45, 7) is 8.99. The third kappa shape index (κ3) is 4.38. The minimum Gasteiger partial charge on any atom is -0.467 e. The van der Waals surface area contributed by atoms with Gasteiger partial charge in [0.15, 0.2) is 0 Å². The predicted octanol–water partition coefficient (Wildman–Crippen LogP) is 3.44. The third-order valence-electron chi connectivity index (χ3n) is 7.66. The molecule has 0 saturated carbocycles. The van der Waals surface area contributed by atoms with Gasteiger partial charge in [0.1, 0.15) is 12.6 Å². The first-order valence-electron chi connectivity index (χ1n) is 11.6. The number of methoxy groups -OCH3 is 1. The molecule has 180 valence electrons. The lowest BCUT2D eigenvalue weighted by molar-refractivity contribution is -0.186. The lowest BCUT2D eigenvalue weighted by Crippen LogP contribution is -2.58. The Morgan fingerprint density at radius 1 is 1.12 bits per heavy atom. The van der Waals surface area contributed by atoms with Crippen LogP contribution in [0.25, 0.3) is 0 Å². The van der Waals surface area contributed by atoms with Crippen molar-refractivity contribution >= 4 is 19.2 Å². The molecule has 3 heterocycles. The van der Waals surface area contributed by atoms with E-state index in [1.165, 1.54) is 12.0 Å². The normalized spacial score (nSPS) is 29.4. The highest BCUT2D eigenvalue weighted by molar-refractivity contribution is 6.45. The van der Waals surface area contributed by atoms with Gasteiger partial charge in [-0.1, -0.05) is 36.8 Å². The molecule has 3 saturated heterocycles. The summed E-state index contributed by atoms with van der Waals surface area (Å²) >= 11 is 0. The first kappa shape index (κ1) is 24.0. The first-order valence-corrected chi connectivity index (χ1v) is 11.6. The number of likely N-dealkylation sites (tertiary alicyclic amines) is 1. The zero-order valence-electron chi connectivity index (χ0n) is 20.2. The van der Waals surface area contributed by atoms with Gasteiger partial charge in [-0.3, -0.25) is 4.90 Å². The molecule has 3 aliphatic rings. The van der Waals surface area contributed by atoms with Crippen LogP contribution in [-0.4, -0.2) is 67.7 Å². The van der Waals surface area contributed by atoms with Crippen molar-refractivity contribution in [1.82, 2.24) is 4.90 Å². The number of nitrogens with zero attached hydrogens (tertiary/aromatic N) is 1. The number of carbonyl (C=O) groups excluding carboxylic acids is 2. The van der Waals surface area contributed by atoms with Crippen molar-refractivity contribution in [3.63, 3.8) is 0 Å². The van der Waals surface area contributed by atoms with Gasteiger partial charge in [0.05, 0.1) is 43.0 Å². The van der Waals surface area contributed by atoms with E-state index >= 15 is 0 Å². The van der Waals surface area contributed by atoms with Gasteiger partial charge < -0.3 is 23.5 Å². The second kappa shape index (κ2) is 8.93. The fraction of sp³-hybridized carbons (Fsp3) is 0.667. The monoisotopic (exact) mass is 459 g/mol. The number of hydrogen-bond acceptors (Lipinski definition) is 7. The largest absolute Gasteiger partial charge is 0.467 e. The summed E-state index contributed by atoms with van der Waals surface area (Å²) in [5, 5.41) is 0. The van der Waals surface area contributed by atoms with Crippen LogP contribution in [0.5, 0.6) is 0 Å². The minimum absolute atomic E-state index is 0.143. The summed E-state index contributed by atoms with van der Waals surface area (Å²) in [4.78, 5) is 27.2. The Labute approximate surface area is 196 Å². The summed E-state index contributed by atoms with van der Waals surface area (Å²) in [6.07, 6.45) is 1.43. The predicted molar refractivity (Wildman–Crippen MR) is 121 cm³/mol. The van der Waals surface area contributed by atoms with Crippen LogP contribution in [0.2, 0.25) is 6.32 Å². The van der Waals surface area contributed by atoms with Crippen LogP contribution in [0.3, 0.4) is 0 Å². The summed E-state index contributed by atoms with van der Waals surface area (Å²) in [7, 11) is 1.05. The van der Waals surface area contributed by atoms with E-state index in [0.717, 1.165) is 12.0 Å². The zero-order valence-corrected chi connectivity index (χ0v) is 20.2. The first-order chi connectivity index (χ1) is 15.6. The molecule has 3 atom stereocenters. The Morgan fingerprint density at radius 3 is 2.36 bits per heavy atom. The molecule has 0 radical (unpaired) electrons. The molecule has 0 bridgehead atoms. The van der Waals surface area contributed by atoms with E-state index in [-0.39, 0.29) is 31.0 Å². The smallest absolute Gasteiger partial charge is 0.457 e. The van der Waals surface area contributed by atoms with Crippen LogP contribution in [0.15, 0.2) is 30.3 Å². The number of rotatable bonds is 7. The van der Waals surface area contributed by atoms with Gasteiger partial charge in [0.25, 0.3) is 0 Å². The maximum atomic E-state index is 12.9. The van der Waals surface area contributed by atoms with E-state index in [1.54, 1.807) is 0 Å². The Morgan fingerprint density at radius 2 is 1.79 bits per heavy atom. The summed E-state index contributed by atoms with van der Waals surface area (Å²) < 4.78 is 28.6. The molecule has 3 fully saturated rings. The molecule has 0 aliphatic carbocycles. The molecule has 8 nitrogen and oxygen atoms in total. The van der Waals surface area contributed by atoms with E-state index in [4.69, 9.17) is 23.5 Å². The van der Waals surface area contributed by atoms with Gasteiger partial charge in [-0.05, 0) is 46.0 Å². The molecular formula is C24H34BNO7. The molecular weight excluding hydrogens is 425 g/mol. The van der Waals surface area contributed by atoms with Gasteiger partial charge in [-0.2, -0.15) is 0 Å². The topological polar surface area (TPSA) is 83.5 Å². The van der Waals surface area contributed by atoms with Gasteiger partial charge in [0.2, 0.25) is 0 Å². The lowest BCUT2D eigenvalue weighted by atomic mass is 9.69. The standard InChI is InChI=1S/C24H34BNO7/c1-22(2)23(3,4)33-25(32-22)13-9-12-24-16-31-18(24)14-26(19(24)20(27)29-5)21(28)30-15-17-10-7-6-8-11-17/h6-8,10-11,18-19H,9,12-16H2,1-5H3/t18-,19+,24-/m0/s1. The van der Waals surface area contributed by atoms with Crippen molar-refractivity contribution in [1.29, 1.82) is 0 Å². The van der Waals surface area contributed by atoms with E-state index in [0.29, 0.717) is 25.9 Å². The highest BCUT2D eigenvalue weighted by Gasteiger charge is 2.65. The van der Waals surface area contributed by atoms with Crippen LogP contribution in [-0.2, 0) is 34.9 Å². The highest BCUT2D eigenvalue weighted by atomic mass is 16.7. The fourth-order valence-electron chi connectivity index (χ4n) is 5.01. The van der Waals surface area contributed by atoms with Crippen LogP contribution >= 0.6 is 0 Å². The molecule has 33 heavy (non-hydrogen) atoms. The van der Waals surface area contributed by atoms with Crippen molar-refractivity contribution in [3.8, 4) is 0 Å². The van der Waals surface area contributed by atoms with E-state index in [9.17, 15) is 9.59 Å². The molecule has 1 amide bonds. The Hall–Kier alpha value is -2.10. The Bertz CT molecular complexity index is 861. The molecule has 1 aromatic rings. The second-order valence-electron chi connectivity index (χ2n) is 10.2. The van der Waals surface area contributed by atoms with Crippen molar-refractivity contribution < 1.29 is 33.1 Å². The zero-order chi connectivity index (χ0) is 23.9. The van der Waals surface area contributed by atoms with Crippen molar-refractivity contribution in [2.45, 2.75) is 76.8 Å². The number of amides is 1. The highest BCUT2D eigenvalue weighted by Crippen LogP contribution is 2.51. The SMILES string of the molecule is COC(=O)[C@H]1N(C(=O)OCc2ccccc2)C[C@@H]2OC[C@@]21CCCB1OC(C)(C)C(C)(C)O1. The quantitative estimate of drug-likeness (QED) is 0.456. The summed E-state index contributed by atoms with van der Waals surface area (Å²) in [5.41, 5.74) is -0.350. The van der Waals surface area contributed by atoms with Gasteiger partial charge in [-0.25, -0.2) is 9.59 Å². The number of fused-ring (bicyclic) bond motifs is 1. The Balaban J connectivity index is 1.40. The molecule has 0 spiro atoms. The van der Waals surface area contributed by atoms with Gasteiger partial charge >= 0.3 is 19.2 Å². The average molecular weight is 459 g/mol. The van der Waals surface area contributed by atoms with Crippen molar-refractivity contribution in [3.05, 3.63) is 35.9 Å². The van der Waals surface area contributed by atoms with Crippen LogP contribution < -0.4 is 0 Å². The van der Waals surface area contributed by atoms with Gasteiger partial charge in [-0.15, -0.1) is 0 Å². The molecule has 0 unspecified atom stereocenters. The summed E-state index contributed by atoms with van der Waals surface area (Å²) in [6, 6.07) is 8.72. The van der Waals surface area contributed by atoms with E-state index < -0.39 is 23.5 Å². The minimum atomic E-state index is -0.733. The number of hydrogen-bond donors (Lipinski definition) is 0. The molecule has 3 aliphatic heterocycles. The van der Waals surface area contributed by atoms with Crippen LogP contribution in [0.1, 0.15) is 46.1 Å². The van der Waals surface area contributed by atoms with E-state index in [2.05, 4.69) is 0 Å². The maximum absolute atomic E-state index is 12.9. The molecule has 9 heteroatoms. The molecule has 0 aromatic heterocycles. The number of esters is 1. The summed E-state index contributed by atoms with van der Waals surface area (Å²) in [5.74, 6) is -0.437. The third-order valence-corrected chi connectivity index (χ3v) is 7.66. The maximum Gasteiger partial charge on any atom is 0.457 e. The van der Waals surface area contributed by atoms with Crippen molar-refractivity contribution in [2.75, 3.05) is 20.3 Å². The van der Waals surface area contributed by atoms with Crippen LogP contribution in [0.4, 0.5) is 4.79 Å². The lowest BCUT2D eigenvalue weighted by Gasteiger charge is -2.46. The van der Waals surface area contributed by atoms with Gasteiger partial charge in [0, 0.05) is 0 Å². The molecule has 0 N–H and O–H groups in total. The average Bonchev–Trinajstić information content (AvgIpc) is 3.11. The number of carbonyl (C=O) groups is 2. The number of benzene rings is 1. The fourth-order valence-corrected chi connectivity index (χ4v) is 5.01. The molecule has 1 aromatic carbocycles. The van der Waals surface area contributed by atoms with Crippen LogP contribution in [0, 0.1) is 5.41 Å². The van der Waals surface area contributed by atoms with Crippen molar-refractivity contribution in [2.24, 2.45) is 5.41 Å². The molecule has 4 rings (SSSR count). The van der Waals surface area contributed by atoms with E-state index in [1.807, 2.05) is 58.0 Å².